The summed E-state index contributed by atoms with van der Waals surface area (Å²) in [6, 6.07) is 11.1. The highest BCUT2D eigenvalue weighted by molar-refractivity contribution is 5.83. The van der Waals surface area contributed by atoms with Crippen LogP contribution in [-0.4, -0.2) is 17.9 Å². The van der Waals surface area contributed by atoms with Gasteiger partial charge in [-0.1, -0.05) is 119 Å². The summed E-state index contributed by atoms with van der Waals surface area (Å²) in [7, 11) is 0. The largest absolute Gasteiger partial charge is 0.396 e. The lowest BCUT2D eigenvalue weighted by molar-refractivity contribution is 0.283. The van der Waals surface area contributed by atoms with E-state index >= 15 is 0 Å². The number of aliphatic hydroxyl groups is 1. The fraction of sp³-hybridized carbons (Fsp3) is 0.600. The van der Waals surface area contributed by atoms with Crippen LogP contribution in [0.15, 0.2) is 42.0 Å². The van der Waals surface area contributed by atoms with Crippen LogP contribution in [0.3, 0.4) is 0 Å². The minimum Gasteiger partial charge on any atom is -0.396 e. The number of rotatable bonds is 10. The van der Waals surface area contributed by atoms with Crippen LogP contribution < -0.4 is 5.32 Å². The molecule has 0 saturated heterocycles. The summed E-state index contributed by atoms with van der Waals surface area (Å²) in [6.45, 7) is 21.3. The van der Waals surface area contributed by atoms with Gasteiger partial charge in [-0.2, -0.15) is 5.26 Å². The SMILES string of the molecule is C=CNc1c(C#N)c(C)cc(-c2ccc3c(c2)N=CC(CC)C3)c1C(C)CC.CC.CC1CCCCC1.CCCCCCO. The molecule has 4 heteroatoms. The number of aryl methyl sites for hydroxylation is 1. The van der Waals surface area contributed by atoms with E-state index in [-0.39, 0.29) is 0 Å². The van der Waals surface area contributed by atoms with Crippen LogP contribution in [0.5, 0.6) is 0 Å². The number of unbranched alkanes of at least 4 members (excludes halogenated alkanes) is 3. The molecule has 1 fully saturated rings. The molecule has 4 nitrogen and oxygen atoms in total. The molecule has 0 radical (unpaired) electrons. The van der Waals surface area contributed by atoms with Crippen molar-refractivity contribution in [1.82, 2.24) is 0 Å². The summed E-state index contributed by atoms with van der Waals surface area (Å²) in [6.07, 6.45) is 19.0. The molecule has 0 spiro atoms. The Bertz CT molecular complexity index is 1170. The second-order valence-electron chi connectivity index (χ2n) is 12.2. The van der Waals surface area contributed by atoms with Crippen molar-refractivity contribution >= 4 is 17.6 Å². The Hall–Kier alpha value is -2.90. The molecule has 1 aliphatic carbocycles. The Balaban J connectivity index is 0.000000495. The second kappa shape index (κ2) is 22.6. The molecule has 1 aliphatic heterocycles. The molecular formula is C40H63N3O. The van der Waals surface area contributed by atoms with Crippen molar-refractivity contribution in [3.05, 3.63) is 59.3 Å². The van der Waals surface area contributed by atoms with Gasteiger partial charge in [0.1, 0.15) is 6.07 Å². The Kier molecular flexibility index (Phi) is 20.1. The molecule has 2 aromatic carbocycles. The van der Waals surface area contributed by atoms with Crippen molar-refractivity contribution in [3.63, 3.8) is 0 Å². The normalized spacial score (nSPS) is 16.0. The summed E-state index contributed by atoms with van der Waals surface area (Å²) in [5, 5.41) is 21.3. The van der Waals surface area contributed by atoms with Gasteiger partial charge in [0.05, 0.1) is 16.9 Å². The van der Waals surface area contributed by atoms with Crippen LogP contribution in [0.2, 0.25) is 0 Å². The molecule has 2 aromatic rings. The van der Waals surface area contributed by atoms with E-state index in [4.69, 9.17) is 10.1 Å². The standard InChI is InChI=1S/C25H29N3.C7H14.C6H14O.C2H6/c1-6-16(4)24-21(11-17(5)22(14-26)25(24)27-8-3)19-9-10-20-12-18(7-2)15-28-23(20)13-19;1-7-5-3-2-4-6-7;1-2-3-4-5-6-7;1-2/h8-11,13,15-16,18,27H,3,6-7,12H2,1-2,4-5H3;2*7H,2-6H2,1H3;1-2H3. The Morgan fingerprint density at radius 3 is 2.32 bits per heavy atom. The zero-order chi connectivity index (χ0) is 32.9. The van der Waals surface area contributed by atoms with Crippen molar-refractivity contribution in [2.24, 2.45) is 16.8 Å². The van der Waals surface area contributed by atoms with E-state index in [0.29, 0.717) is 24.0 Å². The van der Waals surface area contributed by atoms with Crippen LogP contribution in [0, 0.1) is 30.1 Å². The Morgan fingerprint density at radius 2 is 1.80 bits per heavy atom. The number of benzene rings is 2. The molecule has 244 valence electrons. The Morgan fingerprint density at radius 1 is 1.09 bits per heavy atom. The van der Waals surface area contributed by atoms with Gasteiger partial charge in [0.25, 0.3) is 0 Å². The lowest BCUT2D eigenvalue weighted by Crippen LogP contribution is -2.09. The Labute approximate surface area is 271 Å². The first kappa shape index (κ1) is 39.1. The van der Waals surface area contributed by atoms with Gasteiger partial charge in [0, 0.05) is 12.8 Å². The summed E-state index contributed by atoms with van der Waals surface area (Å²) in [5.74, 6) is 1.89. The molecule has 4 rings (SSSR count). The zero-order valence-corrected chi connectivity index (χ0v) is 29.4. The van der Waals surface area contributed by atoms with Gasteiger partial charge in [-0.25, -0.2) is 0 Å². The quantitative estimate of drug-likeness (QED) is 0.266. The maximum Gasteiger partial charge on any atom is 0.102 e. The fourth-order valence-corrected chi connectivity index (χ4v) is 5.82. The van der Waals surface area contributed by atoms with Gasteiger partial charge in [0.2, 0.25) is 0 Å². The van der Waals surface area contributed by atoms with E-state index in [0.717, 1.165) is 54.1 Å². The summed E-state index contributed by atoms with van der Waals surface area (Å²) in [5.41, 5.74) is 8.44. The average molecular weight is 602 g/mol. The van der Waals surface area contributed by atoms with Gasteiger partial charge in [-0.3, -0.25) is 4.99 Å². The van der Waals surface area contributed by atoms with Crippen LogP contribution >= 0.6 is 0 Å². The number of nitrogens with zero attached hydrogens (tertiary/aromatic N) is 2. The lowest BCUT2D eigenvalue weighted by atomic mass is 9.84. The van der Waals surface area contributed by atoms with Crippen LogP contribution in [0.4, 0.5) is 11.4 Å². The molecule has 0 aromatic heterocycles. The van der Waals surface area contributed by atoms with Crippen molar-refractivity contribution < 1.29 is 5.11 Å². The van der Waals surface area contributed by atoms with Gasteiger partial charge < -0.3 is 10.4 Å². The molecule has 1 saturated carbocycles. The molecular weight excluding hydrogens is 538 g/mol. The first-order valence-corrected chi connectivity index (χ1v) is 17.6. The third kappa shape index (κ3) is 12.2. The highest BCUT2D eigenvalue weighted by atomic mass is 16.2. The molecule has 44 heavy (non-hydrogen) atoms. The highest BCUT2D eigenvalue weighted by Gasteiger charge is 2.22. The number of nitrogens with one attached hydrogen (secondary N) is 1. The molecule has 2 unspecified atom stereocenters. The van der Waals surface area contributed by atoms with E-state index in [9.17, 15) is 5.26 Å². The predicted molar refractivity (Wildman–Crippen MR) is 194 cm³/mol. The first-order valence-electron chi connectivity index (χ1n) is 17.6. The average Bonchev–Trinajstić information content (AvgIpc) is 3.06. The summed E-state index contributed by atoms with van der Waals surface area (Å²) in [4.78, 5) is 4.73. The maximum absolute atomic E-state index is 9.73. The fourth-order valence-electron chi connectivity index (χ4n) is 5.82. The minimum atomic E-state index is 0.314. The van der Waals surface area contributed by atoms with E-state index in [1.807, 2.05) is 20.8 Å². The summed E-state index contributed by atoms with van der Waals surface area (Å²) >= 11 is 0. The lowest BCUT2D eigenvalue weighted by Gasteiger charge is -2.24. The van der Waals surface area contributed by atoms with Crippen molar-refractivity contribution in [2.75, 3.05) is 11.9 Å². The van der Waals surface area contributed by atoms with Crippen LogP contribution in [-0.2, 0) is 6.42 Å². The number of hydrogen-bond donors (Lipinski definition) is 2. The van der Waals surface area contributed by atoms with Crippen molar-refractivity contribution in [2.45, 2.75) is 138 Å². The maximum atomic E-state index is 9.73. The molecule has 2 aliphatic rings. The van der Waals surface area contributed by atoms with E-state index < -0.39 is 0 Å². The predicted octanol–water partition coefficient (Wildman–Crippen LogP) is 12.1. The first-order chi connectivity index (χ1) is 21.3. The van der Waals surface area contributed by atoms with Crippen LogP contribution in [0.25, 0.3) is 11.1 Å². The molecule has 2 atom stereocenters. The van der Waals surface area contributed by atoms with Gasteiger partial charge in [-0.15, -0.1) is 0 Å². The molecule has 1 heterocycles. The number of nitriles is 1. The van der Waals surface area contributed by atoms with Gasteiger partial charge >= 0.3 is 0 Å². The number of hydrogen-bond acceptors (Lipinski definition) is 4. The number of fused-ring (bicyclic) bond motifs is 1. The highest BCUT2D eigenvalue weighted by Crippen LogP contribution is 2.42. The van der Waals surface area contributed by atoms with Crippen molar-refractivity contribution in [1.29, 1.82) is 5.26 Å². The van der Waals surface area contributed by atoms with Gasteiger partial charge in [-0.05, 0) is 96.5 Å². The van der Waals surface area contributed by atoms with E-state index in [1.54, 1.807) is 6.20 Å². The third-order valence-electron chi connectivity index (χ3n) is 8.76. The second-order valence-corrected chi connectivity index (χ2v) is 12.2. The monoisotopic (exact) mass is 601 g/mol. The smallest absolute Gasteiger partial charge is 0.102 e. The van der Waals surface area contributed by atoms with Crippen molar-refractivity contribution in [3.8, 4) is 17.2 Å². The summed E-state index contributed by atoms with van der Waals surface area (Å²) < 4.78 is 0. The molecule has 0 bridgehead atoms. The third-order valence-corrected chi connectivity index (χ3v) is 8.76. The number of anilines is 1. The topological polar surface area (TPSA) is 68.4 Å². The zero-order valence-electron chi connectivity index (χ0n) is 29.4. The van der Waals surface area contributed by atoms with E-state index in [2.05, 4.69) is 83.1 Å². The molecule has 2 N–H and O–H groups in total. The number of aliphatic imine (C=N–C) groups is 1. The van der Waals surface area contributed by atoms with Gasteiger partial charge in [0.15, 0.2) is 0 Å². The number of aliphatic hydroxyl groups excluding tert-OH is 1. The minimum absolute atomic E-state index is 0.314. The molecule has 0 amide bonds. The van der Waals surface area contributed by atoms with Crippen LogP contribution in [0.1, 0.15) is 147 Å². The van der Waals surface area contributed by atoms with E-state index in [1.165, 1.54) is 68.1 Å².